The molecule has 1 aliphatic heterocycles. The molecule has 0 aliphatic carbocycles. The van der Waals surface area contributed by atoms with Gasteiger partial charge in [0.1, 0.15) is 5.75 Å². The number of nitrogens with one attached hydrogen (secondary N) is 1. The molecule has 0 saturated carbocycles. The van der Waals surface area contributed by atoms with Crippen LogP contribution in [0, 0.1) is 0 Å². The fourth-order valence-corrected chi connectivity index (χ4v) is 3.89. The molecular formula is C18H18N4O2S. The van der Waals surface area contributed by atoms with E-state index in [0.29, 0.717) is 23.9 Å². The van der Waals surface area contributed by atoms with Crippen molar-refractivity contribution in [2.75, 3.05) is 17.7 Å². The molecule has 25 heavy (non-hydrogen) atoms. The van der Waals surface area contributed by atoms with Gasteiger partial charge < -0.3 is 4.74 Å². The van der Waals surface area contributed by atoms with Crippen molar-refractivity contribution in [2.45, 2.75) is 25.0 Å². The van der Waals surface area contributed by atoms with E-state index in [1.165, 1.54) is 0 Å². The zero-order valence-corrected chi connectivity index (χ0v) is 14.7. The third-order valence-corrected chi connectivity index (χ3v) is 5.17. The van der Waals surface area contributed by atoms with E-state index < -0.39 is 0 Å². The quantitative estimate of drug-likeness (QED) is 0.775. The summed E-state index contributed by atoms with van der Waals surface area (Å²) in [4.78, 5) is 13.0. The van der Waals surface area contributed by atoms with Crippen molar-refractivity contribution in [3.63, 3.8) is 0 Å². The van der Waals surface area contributed by atoms with Crippen LogP contribution in [0.1, 0.15) is 23.7 Å². The van der Waals surface area contributed by atoms with Crippen LogP contribution < -0.4 is 10.1 Å². The highest BCUT2D eigenvalue weighted by Crippen LogP contribution is 2.30. The average Bonchev–Trinajstić information content (AvgIpc) is 3.05. The van der Waals surface area contributed by atoms with Gasteiger partial charge >= 0.3 is 0 Å². The lowest BCUT2D eigenvalue weighted by Crippen LogP contribution is -2.19. The number of hydrogen-bond donors (Lipinski definition) is 1. The smallest absolute Gasteiger partial charge is 0.262 e. The number of carbonyl (C=O) groups excluding carboxylic acids is 1. The molecule has 6 nitrogen and oxygen atoms in total. The third-order valence-electron chi connectivity index (χ3n) is 4.12. The Labute approximate surface area is 149 Å². The summed E-state index contributed by atoms with van der Waals surface area (Å²) >= 11 is 1.66. The molecule has 0 bridgehead atoms. The van der Waals surface area contributed by atoms with E-state index in [0.717, 1.165) is 34.6 Å². The summed E-state index contributed by atoms with van der Waals surface area (Å²) in [5, 5.41) is 13.9. The molecule has 7 heteroatoms. The molecule has 1 N–H and O–H groups in total. The van der Waals surface area contributed by atoms with E-state index in [4.69, 9.17) is 4.74 Å². The monoisotopic (exact) mass is 354 g/mol. The molecule has 0 saturated heterocycles. The van der Waals surface area contributed by atoms with Gasteiger partial charge in [-0.3, -0.25) is 14.7 Å². The number of nitrogens with zero attached hydrogens (tertiary/aromatic N) is 3. The summed E-state index contributed by atoms with van der Waals surface area (Å²) in [5.41, 5.74) is 0.528. The molecule has 2 aromatic carbocycles. The standard InChI is InChI=1S/C18H18N4O2S/c1-2-24-14-9-8-12-6-3-4-7-13(12)15(14)16(23)19-17-20-21-18-22(17)10-5-11-25-18/h3-4,6-9H,2,5,10-11H2,1H3,(H,19,20,23). The number of rotatable bonds is 4. The third kappa shape index (κ3) is 2.95. The molecule has 1 aromatic heterocycles. The van der Waals surface area contributed by atoms with Crippen LogP contribution >= 0.6 is 11.8 Å². The topological polar surface area (TPSA) is 69.0 Å². The van der Waals surface area contributed by atoms with E-state index in [2.05, 4.69) is 15.5 Å². The van der Waals surface area contributed by atoms with Crippen LogP contribution in [0.25, 0.3) is 10.8 Å². The fraction of sp³-hybridized carbons (Fsp3) is 0.278. The van der Waals surface area contributed by atoms with Crippen LogP contribution in [0.4, 0.5) is 5.95 Å². The van der Waals surface area contributed by atoms with Crippen LogP contribution in [0.2, 0.25) is 0 Å². The molecule has 0 fully saturated rings. The van der Waals surface area contributed by atoms with Crippen LogP contribution in [0.15, 0.2) is 41.6 Å². The molecule has 4 rings (SSSR count). The van der Waals surface area contributed by atoms with Crippen LogP contribution in [0.3, 0.4) is 0 Å². The van der Waals surface area contributed by atoms with Gasteiger partial charge in [0.15, 0.2) is 5.16 Å². The molecule has 0 atom stereocenters. The number of ether oxygens (including phenoxy) is 1. The van der Waals surface area contributed by atoms with Crippen molar-refractivity contribution in [3.05, 3.63) is 42.0 Å². The summed E-state index contributed by atoms with van der Waals surface area (Å²) in [5.74, 6) is 1.87. The lowest BCUT2D eigenvalue weighted by Gasteiger charge is -2.16. The maximum absolute atomic E-state index is 13.0. The molecule has 0 unspecified atom stereocenters. The predicted octanol–water partition coefficient (Wildman–Crippen LogP) is 3.58. The molecule has 0 spiro atoms. The molecule has 128 valence electrons. The zero-order chi connectivity index (χ0) is 17.2. The first-order chi connectivity index (χ1) is 12.3. The fourth-order valence-electron chi connectivity index (χ4n) is 3.00. The van der Waals surface area contributed by atoms with E-state index in [9.17, 15) is 4.79 Å². The van der Waals surface area contributed by atoms with Crippen molar-refractivity contribution in [1.82, 2.24) is 14.8 Å². The van der Waals surface area contributed by atoms with Gasteiger partial charge in [0.05, 0.1) is 12.2 Å². The van der Waals surface area contributed by atoms with Crippen LogP contribution in [0.5, 0.6) is 5.75 Å². The van der Waals surface area contributed by atoms with Gasteiger partial charge in [0.2, 0.25) is 5.95 Å². The van der Waals surface area contributed by atoms with Gasteiger partial charge in [-0.05, 0) is 30.2 Å². The first-order valence-corrected chi connectivity index (χ1v) is 9.28. The highest BCUT2D eigenvalue weighted by atomic mass is 32.2. The van der Waals surface area contributed by atoms with Crippen LogP contribution in [-0.4, -0.2) is 33.0 Å². The summed E-state index contributed by atoms with van der Waals surface area (Å²) in [6, 6.07) is 11.6. The molecule has 0 radical (unpaired) electrons. The number of amides is 1. The van der Waals surface area contributed by atoms with Gasteiger partial charge in [-0.25, -0.2) is 0 Å². The Hall–Kier alpha value is -2.54. The van der Waals surface area contributed by atoms with Gasteiger partial charge in [-0.2, -0.15) is 0 Å². The number of hydrogen-bond acceptors (Lipinski definition) is 5. The van der Waals surface area contributed by atoms with Crippen molar-refractivity contribution in [3.8, 4) is 5.75 Å². The van der Waals surface area contributed by atoms with Gasteiger partial charge in [-0.1, -0.05) is 42.1 Å². The number of aromatic nitrogens is 3. The number of benzene rings is 2. The van der Waals surface area contributed by atoms with E-state index >= 15 is 0 Å². The van der Waals surface area contributed by atoms with Crippen molar-refractivity contribution in [2.24, 2.45) is 0 Å². The molecule has 1 amide bonds. The van der Waals surface area contributed by atoms with E-state index in [1.54, 1.807) is 11.8 Å². The van der Waals surface area contributed by atoms with Crippen molar-refractivity contribution in [1.29, 1.82) is 0 Å². The lowest BCUT2D eigenvalue weighted by molar-refractivity contribution is 0.102. The van der Waals surface area contributed by atoms with Crippen LogP contribution in [-0.2, 0) is 6.54 Å². The van der Waals surface area contributed by atoms with Crippen molar-refractivity contribution < 1.29 is 9.53 Å². The molecular weight excluding hydrogens is 336 g/mol. The number of anilines is 1. The van der Waals surface area contributed by atoms with E-state index in [-0.39, 0.29) is 5.91 Å². The maximum atomic E-state index is 13.0. The molecule has 1 aliphatic rings. The zero-order valence-electron chi connectivity index (χ0n) is 13.9. The Morgan fingerprint density at radius 3 is 3.04 bits per heavy atom. The minimum absolute atomic E-state index is 0.231. The summed E-state index contributed by atoms with van der Waals surface area (Å²) < 4.78 is 7.65. The van der Waals surface area contributed by atoms with Gasteiger partial charge in [0, 0.05) is 12.3 Å². The first kappa shape index (κ1) is 16.0. The largest absolute Gasteiger partial charge is 0.493 e. The minimum Gasteiger partial charge on any atom is -0.493 e. The number of carbonyl (C=O) groups is 1. The Morgan fingerprint density at radius 2 is 2.16 bits per heavy atom. The second-order valence-corrected chi connectivity index (χ2v) is 6.77. The van der Waals surface area contributed by atoms with Crippen molar-refractivity contribution >= 4 is 34.4 Å². The lowest BCUT2D eigenvalue weighted by atomic mass is 10.0. The second-order valence-electron chi connectivity index (χ2n) is 5.71. The molecule has 2 heterocycles. The first-order valence-electron chi connectivity index (χ1n) is 8.30. The highest BCUT2D eigenvalue weighted by molar-refractivity contribution is 7.99. The number of fused-ring (bicyclic) bond motifs is 2. The maximum Gasteiger partial charge on any atom is 0.262 e. The number of thioether (sulfide) groups is 1. The second kappa shape index (κ2) is 6.76. The Balaban J connectivity index is 1.74. The van der Waals surface area contributed by atoms with Gasteiger partial charge in [-0.15, -0.1) is 10.2 Å². The Morgan fingerprint density at radius 1 is 1.28 bits per heavy atom. The molecule has 3 aromatic rings. The minimum atomic E-state index is -0.231. The van der Waals surface area contributed by atoms with Gasteiger partial charge in [0.25, 0.3) is 5.91 Å². The summed E-state index contributed by atoms with van der Waals surface area (Å²) in [6.07, 6.45) is 1.04. The summed E-state index contributed by atoms with van der Waals surface area (Å²) in [7, 11) is 0. The highest BCUT2D eigenvalue weighted by Gasteiger charge is 2.21. The Bertz CT molecular complexity index is 938. The predicted molar refractivity (Wildman–Crippen MR) is 98.4 cm³/mol. The summed E-state index contributed by atoms with van der Waals surface area (Å²) in [6.45, 7) is 3.22. The van der Waals surface area contributed by atoms with E-state index in [1.807, 2.05) is 47.9 Å². The normalized spacial score (nSPS) is 13.5. The SMILES string of the molecule is CCOc1ccc2ccccc2c1C(=O)Nc1nnc2n1CCCS2. The average molecular weight is 354 g/mol. The Kier molecular flexibility index (Phi) is 4.31.